The fraction of sp³-hybridized carbons (Fsp3) is 0.833. The molecule has 1 saturated carbocycles. The van der Waals surface area contributed by atoms with Gasteiger partial charge in [-0.15, -0.1) is 0 Å². The summed E-state index contributed by atoms with van der Waals surface area (Å²) in [5.41, 5.74) is -1.31. The standard InChI is InChI=1S/C12H22N2O3/c1-4-11(3,5-2)13-10(17)14-12(9(15)16)7-6-8-12/h4-8H2,1-3H3,(H,15,16)(H2,13,14,17). The van der Waals surface area contributed by atoms with Gasteiger partial charge in [0.15, 0.2) is 0 Å². The van der Waals surface area contributed by atoms with Crippen molar-refractivity contribution in [1.82, 2.24) is 10.6 Å². The number of aliphatic carboxylic acids is 1. The number of hydrogen-bond acceptors (Lipinski definition) is 2. The molecule has 3 N–H and O–H groups in total. The minimum absolute atomic E-state index is 0.270. The maximum Gasteiger partial charge on any atom is 0.329 e. The topological polar surface area (TPSA) is 78.4 Å². The van der Waals surface area contributed by atoms with Crippen LogP contribution in [0.2, 0.25) is 0 Å². The highest BCUT2D eigenvalue weighted by Crippen LogP contribution is 2.32. The molecule has 0 radical (unpaired) electrons. The molecule has 0 heterocycles. The lowest BCUT2D eigenvalue weighted by Crippen LogP contribution is -2.63. The van der Waals surface area contributed by atoms with Gasteiger partial charge in [0, 0.05) is 5.54 Å². The second-order valence-corrected chi connectivity index (χ2v) is 5.09. The number of carbonyl (C=O) groups is 2. The van der Waals surface area contributed by atoms with E-state index < -0.39 is 11.5 Å². The third kappa shape index (κ3) is 2.90. The molecule has 0 unspecified atom stereocenters. The normalized spacial score (nSPS) is 18.1. The van der Waals surface area contributed by atoms with Gasteiger partial charge in [-0.05, 0) is 39.0 Å². The molecule has 0 aromatic heterocycles. The summed E-state index contributed by atoms with van der Waals surface area (Å²) < 4.78 is 0. The van der Waals surface area contributed by atoms with Crippen LogP contribution in [0.3, 0.4) is 0 Å². The molecule has 0 bridgehead atoms. The number of carboxylic acids is 1. The van der Waals surface area contributed by atoms with Crippen molar-refractivity contribution in [3.8, 4) is 0 Å². The van der Waals surface area contributed by atoms with Crippen LogP contribution in [0.25, 0.3) is 0 Å². The van der Waals surface area contributed by atoms with Gasteiger partial charge in [0.05, 0.1) is 0 Å². The van der Waals surface area contributed by atoms with Gasteiger partial charge in [-0.3, -0.25) is 0 Å². The van der Waals surface area contributed by atoms with E-state index in [1.807, 2.05) is 20.8 Å². The van der Waals surface area contributed by atoms with E-state index in [9.17, 15) is 9.59 Å². The average Bonchev–Trinajstić information content (AvgIpc) is 2.22. The van der Waals surface area contributed by atoms with Crippen LogP contribution >= 0.6 is 0 Å². The molecule has 2 amide bonds. The summed E-state index contributed by atoms with van der Waals surface area (Å²) in [4.78, 5) is 22.9. The Bertz CT molecular complexity index is 307. The van der Waals surface area contributed by atoms with Gasteiger partial charge in [-0.1, -0.05) is 13.8 Å². The van der Waals surface area contributed by atoms with E-state index >= 15 is 0 Å². The van der Waals surface area contributed by atoms with Crippen molar-refractivity contribution in [1.29, 1.82) is 0 Å². The lowest BCUT2D eigenvalue weighted by molar-refractivity contribution is -0.148. The van der Waals surface area contributed by atoms with Crippen molar-refractivity contribution in [2.45, 2.75) is 64.0 Å². The molecule has 5 nitrogen and oxygen atoms in total. The van der Waals surface area contributed by atoms with E-state index in [2.05, 4.69) is 10.6 Å². The van der Waals surface area contributed by atoms with E-state index in [-0.39, 0.29) is 11.6 Å². The van der Waals surface area contributed by atoms with Crippen LogP contribution < -0.4 is 10.6 Å². The molecule has 1 fully saturated rings. The zero-order valence-corrected chi connectivity index (χ0v) is 10.8. The van der Waals surface area contributed by atoms with Gasteiger partial charge >= 0.3 is 12.0 Å². The molecule has 0 aromatic rings. The minimum atomic E-state index is -1.04. The Kier molecular flexibility index (Phi) is 4.01. The minimum Gasteiger partial charge on any atom is -0.480 e. The van der Waals surface area contributed by atoms with Crippen LogP contribution in [-0.4, -0.2) is 28.2 Å². The summed E-state index contributed by atoms with van der Waals surface area (Å²) in [6, 6.07) is -0.377. The number of urea groups is 1. The first kappa shape index (κ1) is 13.8. The van der Waals surface area contributed by atoms with Crippen molar-refractivity contribution in [3.05, 3.63) is 0 Å². The van der Waals surface area contributed by atoms with Crippen LogP contribution in [0.5, 0.6) is 0 Å². The number of carboxylic acid groups (broad SMARTS) is 1. The zero-order chi connectivity index (χ0) is 13.1. The lowest BCUT2D eigenvalue weighted by Gasteiger charge is -2.39. The Morgan fingerprint density at radius 2 is 1.82 bits per heavy atom. The number of nitrogens with one attached hydrogen (secondary N) is 2. The maximum atomic E-state index is 11.8. The van der Waals surface area contributed by atoms with Crippen LogP contribution in [0, 0.1) is 0 Å². The van der Waals surface area contributed by atoms with E-state index in [0.717, 1.165) is 19.3 Å². The zero-order valence-electron chi connectivity index (χ0n) is 10.8. The molecule has 5 heteroatoms. The fourth-order valence-corrected chi connectivity index (χ4v) is 1.87. The molecular weight excluding hydrogens is 220 g/mol. The van der Waals surface area contributed by atoms with Crippen LogP contribution in [0.1, 0.15) is 52.9 Å². The van der Waals surface area contributed by atoms with Gasteiger partial charge in [0.25, 0.3) is 0 Å². The van der Waals surface area contributed by atoms with E-state index in [0.29, 0.717) is 12.8 Å². The molecule has 1 aliphatic carbocycles. The predicted molar refractivity (Wildman–Crippen MR) is 64.9 cm³/mol. The summed E-state index contributed by atoms with van der Waals surface area (Å²) in [6.07, 6.45) is 3.52. The highest BCUT2D eigenvalue weighted by molar-refractivity contribution is 5.87. The van der Waals surface area contributed by atoms with Crippen molar-refractivity contribution in [2.75, 3.05) is 0 Å². The molecule has 98 valence electrons. The lowest BCUT2D eigenvalue weighted by atomic mass is 9.77. The first-order chi connectivity index (χ1) is 7.87. The van der Waals surface area contributed by atoms with E-state index in [1.165, 1.54) is 0 Å². The van der Waals surface area contributed by atoms with Crippen LogP contribution in [0.15, 0.2) is 0 Å². The van der Waals surface area contributed by atoms with Gasteiger partial charge in [0.1, 0.15) is 5.54 Å². The third-order valence-electron chi connectivity index (χ3n) is 3.95. The molecule has 0 aliphatic heterocycles. The molecule has 0 spiro atoms. The second-order valence-electron chi connectivity index (χ2n) is 5.09. The Morgan fingerprint density at radius 1 is 1.29 bits per heavy atom. The Labute approximate surface area is 102 Å². The van der Waals surface area contributed by atoms with Crippen molar-refractivity contribution >= 4 is 12.0 Å². The number of rotatable bonds is 5. The predicted octanol–water partition coefficient (Wildman–Crippen LogP) is 1.87. The van der Waals surface area contributed by atoms with Crippen LogP contribution in [-0.2, 0) is 4.79 Å². The molecule has 0 saturated heterocycles. The van der Waals surface area contributed by atoms with E-state index in [1.54, 1.807) is 0 Å². The monoisotopic (exact) mass is 242 g/mol. The first-order valence-corrected chi connectivity index (χ1v) is 6.21. The molecular formula is C12H22N2O3. The summed E-state index contributed by atoms with van der Waals surface area (Å²) in [5.74, 6) is -0.936. The average molecular weight is 242 g/mol. The Hall–Kier alpha value is -1.26. The molecule has 1 rings (SSSR count). The number of amides is 2. The Morgan fingerprint density at radius 3 is 2.12 bits per heavy atom. The van der Waals surface area contributed by atoms with E-state index in [4.69, 9.17) is 5.11 Å². The van der Waals surface area contributed by atoms with Crippen molar-refractivity contribution < 1.29 is 14.7 Å². The van der Waals surface area contributed by atoms with Gasteiger partial charge < -0.3 is 15.7 Å². The van der Waals surface area contributed by atoms with Crippen molar-refractivity contribution in [2.24, 2.45) is 0 Å². The SMILES string of the molecule is CCC(C)(CC)NC(=O)NC1(C(=O)O)CCC1. The summed E-state index contributed by atoms with van der Waals surface area (Å²) in [7, 11) is 0. The molecule has 1 aliphatic rings. The molecule has 0 aromatic carbocycles. The number of hydrogen-bond donors (Lipinski definition) is 3. The molecule has 0 atom stereocenters. The number of carbonyl (C=O) groups excluding carboxylic acids is 1. The van der Waals surface area contributed by atoms with Crippen LogP contribution in [0.4, 0.5) is 4.79 Å². The summed E-state index contributed by atoms with van der Waals surface area (Å²) in [5, 5.41) is 14.6. The van der Waals surface area contributed by atoms with Crippen molar-refractivity contribution in [3.63, 3.8) is 0 Å². The quantitative estimate of drug-likeness (QED) is 0.688. The smallest absolute Gasteiger partial charge is 0.329 e. The first-order valence-electron chi connectivity index (χ1n) is 6.21. The fourth-order valence-electron chi connectivity index (χ4n) is 1.87. The largest absolute Gasteiger partial charge is 0.480 e. The summed E-state index contributed by atoms with van der Waals surface area (Å²) in [6.45, 7) is 5.96. The Balaban J connectivity index is 2.57. The molecule has 17 heavy (non-hydrogen) atoms. The van der Waals surface area contributed by atoms with Gasteiger partial charge in [-0.2, -0.15) is 0 Å². The second kappa shape index (κ2) is 4.94. The van der Waals surface area contributed by atoms with Gasteiger partial charge in [0.2, 0.25) is 0 Å². The maximum absolute atomic E-state index is 11.8. The highest BCUT2D eigenvalue weighted by Gasteiger charge is 2.46. The van der Waals surface area contributed by atoms with Gasteiger partial charge in [-0.25, -0.2) is 9.59 Å². The summed E-state index contributed by atoms with van der Waals surface area (Å²) >= 11 is 0. The highest BCUT2D eigenvalue weighted by atomic mass is 16.4. The third-order valence-corrected chi connectivity index (χ3v) is 3.95.